The van der Waals surface area contributed by atoms with E-state index in [0.29, 0.717) is 11.5 Å². The van der Waals surface area contributed by atoms with Gasteiger partial charge in [0.15, 0.2) is 0 Å². The number of aromatic hydroxyl groups is 1. The molecule has 0 aliphatic rings. The fourth-order valence-electron chi connectivity index (χ4n) is 4.39. The molecule has 2 aromatic carbocycles. The Morgan fingerprint density at radius 1 is 0.981 bits per heavy atom. The molecule has 6 nitrogen and oxygen atoms in total. The van der Waals surface area contributed by atoms with Crippen molar-refractivity contribution in [2.45, 2.75) is 80.6 Å². The highest BCUT2D eigenvalue weighted by atomic mass is 35.5. The lowest BCUT2D eigenvalue weighted by molar-refractivity contribution is 0.144. The summed E-state index contributed by atoms with van der Waals surface area (Å²) in [5.41, 5.74) is 6.36. The number of rotatable bonds is 19. The Labute approximate surface area is 327 Å². The maximum Gasteiger partial charge on any atom is 0.129 e. The molecule has 0 amide bonds. The van der Waals surface area contributed by atoms with E-state index in [0.717, 1.165) is 54.1 Å². The third-order valence-corrected chi connectivity index (χ3v) is 7.82. The van der Waals surface area contributed by atoms with Crippen LogP contribution in [0.2, 0.25) is 0 Å². The number of hydrogen-bond acceptors (Lipinski definition) is 6. The van der Waals surface area contributed by atoms with Crippen LogP contribution in [0.25, 0.3) is 6.08 Å². The number of benzene rings is 2. The molecule has 53 heavy (non-hydrogen) atoms. The summed E-state index contributed by atoms with van der Waals surface area (Å²) in [6.07, 6.45) is 24.1. The van der Waals surface area contributed by atoms with E-state index in [1.54, 1.807) is 19.1 Å². The van der Waals surface area contributed by atoms with Crippen LogP contribution in [0.15, 0.2) is 114 Å². The van der Waals surface area contributed by atoms with Gasteiger partial charge in [0.1, 0.15) is 18.3 Å². The number of aliphatic hydroxyl groups excluding tert-OH is 1. The van der Waals surface area contributed by atoms with Gasteiger partial charge >= 0.3 is 0 Å². The SMILES string of the molecule is C/C=C\C(C)/C=C/C=C(\C=C(\C)CC)N(CO)CCNC.C=C/C=C(\C)Cl.C=Cc1ccc(NCCCCCC)c(NC)c1.Cc1ccc(O)cc1F. The van der Waals surface area contributed by atoms with Gasteiger partial charge in [0.25, 0.3) is 0 Å². The molecule has 8 heteroatoms. The van der Waals surface area contributed by atoms with Gasteiger partial charge in [-0.05, 0) is 101 Å². The molecule has 2 rings (SSSR count). The minimum Gasteiger partial charge on any atom is -0.508 e. The van der Waals surface area contributed by atoms with Crippen LogP contribution in [0.3, 0.4) is 0 Å². The zero-order valence-corrected chi connectivity index (χ0v) is 34.9. The van der Waals surface area contributed by atoms with Gasteiger partial charge in [-0.2, -0.15) is 0 Å². The summed E-state index contributed by atoms with van der Waals surface area (Å²) in [7, 11) is 3.87. The molecule has 0 aliphatic carbocycles. The Balaban J connectivity index is 0. The topological polar surface area (TPSA) is 79.8 Å². The predicted octanol–water partition coefficient (Wildman–Crippen LogP) is 12.0. The molecule has 1 unspecified atom stereocenters. The van der Waals surface area contributed by atoms with Crippen molar-refractivity contribution in [1.82, 2.24) is 10.2 Å². The number of hydrogen-bond donors (Lipinski definition) is 5. The fourth-order valence-corrected chi connectivity index (χ4v) is 4.48. The van der Waals surface area contributed by atoms with Crippen molar-refractivity contribution in [3.8, 4) is 5.75 Å². The van der Waals surface area contributed by atoms with Crippen LogP contribution < -0.4 is 16.0 Å². The first kappa shape index (κ1) is 51.1. The van der Waals surface area contributed by atoms with Crippen LogP contribution >= 0.6 is 11.6 Å². The normalized spacial score (nSPS) is 12.1. The highest BCUT2D eigenvalue weighted by Gasteiger charge is 2.05. The zero-order valence-electron chi connectivity index (χ0n) is 34.1. The second-order valence-corrected chi connectivity index (χ2v) is 13.0. The molecular formula is C45H70ClFN4O2. The van der Waals surface area contributed by atoms with Crippen molar-refractivity contribution in [2.24, 2.45) is 5.92 Å². The van der Waals surface area contributed by atoms with Crippen LogP contribution in [-0.4, -0.2) is 55.6 Å². The van der Waals surface area contributed by atoms with Gasteiger partial charge in [-0.15, -0.1) is 0 Å². The van der Waals surface area contributed by atoms with E-state index in [2.05, 4.69) is 111 Å². The maximum absolute atomic E-state index is 12.4. The van der Waals surface area contributed by atoms with E-state index in [1.165, 1.54) is 49.1 Å². The van der Waals surface area contributed by atoms with Crippen LogP contribution in [0, 0.1) is 18.7 Å². The van der Waals surface area contributed by atoms with Gasteiger partial charge in [0, 0.05) is 43.5 Å². The van der Waals surface area contributed by atoms with E-state index in [9.17, 15) is 9.50 Å². The number of phenols is 1. The summed E-state index contributed by atoms with van der Waals surface area (Å²) >= 11 is 5.37. The third-order valence-electron chi connectivity index (χ3n) is 7.69. The lowest BCUT2D eigenvalue weighted by Crippen LogP contribution is -2.30. The number of aryl methyl sites for hydroxylation is 1. The van der Waals surface area contributed by atoms with Gasteiger partial charge in [-0.25, -0.2) is 4.39 Å². The van der Waals surface area contributed by atoms with E-state index in [1.807, 2.05) is 38.9 Å². The van der Waals surface area contributed by atoms with Crippen LogP contribution in [-0.2, 0) is 0 Å². The van der Waals surface area contributed by atoms with E-state index < -0.39 is 0 Å². The number of likely N-dealkylation sites (N-methyl/N-ethyl adjacent to an activating group) is 1. The average Bonchev–Trinajstić information content (AvgIpc) is 3.14. The zero-order chi connectivity index (χ0) is 40.4. The molecular weight excluding hydrogens is 683 g/mol. The van der Waals surface area contributed by atoms with Crippen molar-refractivity contribution < 1.29 is 14.6 Å². The number of unbranched alkanes of at least 4 members (excludes halogenated alkanes) is 3. The van der Waals surface area contributed by atoms with Crippen molar-refractivity contribution in [1.29, 1.82) is 0 Å². The molecule has 0 radical (unpaired) electrons. The molecule has 0 spiro atoms. The molecule has 2 aromatic rings. The van der Waals surface area contributed by atoms with Gasteiger partial charge < -0.3 is 31.1 Å². The Kier molecular flexibility index (Phi) is 32.5. The third kappa shape index (κ3) is 27.3. The highest BCUT2D eigenvalue weighted by Crippen LogP contribution is 2.23. The molecule has 0 bridgehead atoms. The molecule has 5 N–H and O–H groups in total. The average molecular weight is 754 g/mol. The lowest BCUT2D eigenvalue weighted by atomic mass is 10.1. The molecule has 0 saturated heterocycles. The van der Waals surface area contributed by atoms with E-state index in [-0.39, 0.29) is 18.3 Å². The molecule has 1 atom stereocenters. The van der Waals surface area contributed by atoms with Crippen molar-refractivity contribution in [2.75, 3.05) is 51.1 Å². The Morgan fingerprint density at radius 2 is 1.70 bits per heavy atom. The first-order valence-corrected chi connectivity index (χ1v) is 19.0. The first-order chi connectivity index (χ1) is 25.4. The minimum atomic E-state index is -0.366. The van der Waals surface area contributed by atoms with Gasteiger partial charge in [-0.1, -0.05) is 119 Å². The van der Waals surface area contributed by atoms with Gasteiger partial charge in [0.2, 0.25) is 0 Å². The number of phenolic OH excluding ortho intramolecular Hbond substituents is 1. The summed E-state index contributed by atoms with van der Waals surface area (Å²) in [4.78, 5) is 1.97. The Hall–Kier alpha value is -4.04. The quantitative estimate of drug-likeness (QED) is 0.0426. The van der Waals surface area contributed by atoms with E-state index >= 15 is 0 Å². The fraction of sp³-hybridized carbons (Fsp3) is 0.422. The van der Waals surface area contributed by atoms with E-state index in [4.69, 9.17) is 16.7 Å². The first-order valence-electron chi connectivity index (χ1n) is 18.6. The molecule has 0 heterocycles. The second kappa shape index (κ2) is 33.8. The maximum atomic E-state index is 12.4. The summed E-state index contributed by atoms with van der Waals surface area (Å²) in [5.74, 6) is 0.0248. The highest BCUT2D eigenvalue weighted by molar-refractivity contribution is 6.29. The smallest absolute Gasteiger partial charge is 0.129 e. The van der Waals surface area contributed by atoms with Crippen molar-refractivity contribution in [3.63, 3.8) is 0 Å². The Bertz CT molecular complexity index is 1430. The summed E-state index contributed by atoms with van der Waals surface area (Å²) in [6.45, 7) is 24.1. The van der Waals surface area contributed by atoms with Crippen LogP contribution in [0.4, 0.5) is 15.8 Å². The van der Waals surface area contributed by atoms with Gasteiger partial charge in [0.05, 0.1) is 11.4 Å². The Morgan fingerprint density at radius 3 is 2.19 bits per heavy atom. The number of anilines is 2. The van der Waals surface area contributed by atoms with Crippen LogP contribution in [0.1, 0.15) is 84.8 Å². The van der Waals surface area contributed by atoms with Crippen molar-refractivity contribution >= 4 is 29.1 Å². The summed E-state index contributed by atoms with van der Waals surface area (Å²) < 4.78 is 12.4. The lowest BCUT2D eigenvalue weighted by Gasteiger charge is -2.23. The number of allylic oxidation sites excluding steroid dienone is 10. The summed E-state index contributed by atoms with van der Waals surface area (Å²) in [6, 6.07) is 10.4. The number of nitrogens with one attached hydrogen (secondary N) is 3. The number of halogens is 2. The number of nitrogens with zero attached hydrogens (tertiary/aromatic N) is 1. The molecule has 0 saturated carbocycles. The molecule has 0 fully saturated rings. The molecule has 0 aliphatic heterocycles. The van der Waals surface area contributed by atoms with Gasteiger partial charge in [-0.3, -0.25) is 0 Å². The predicted molar refractivity (Wildman–Crippen MR) is 234 cm³/mol. The second-order valence-electron chi connectivity index (χ2n) is 12.4. The molecule has 0 aromatic heterocycles. The monoisotopic (exact) mass is 753 g/mol. The standard InChI is InChI=1S/C18H32N2O.C15H24N2.C7H7FO.C5H7Cl/c1-6-9-17(4)10-8-11-18(14-16(3)7-2)20(15-21)13-12-19-5;1-4-6-7-8-11-17-14-10-9-13(5-2)12-15(14)16-3;1-5-2-3-6(9)4-7(5)8;1-3-4-5(2)6/h6,8-11,14,17,19,21H,7,12-13,15H2,1-5H3;5,9-10,12,16-17H,2,4,6-8,11H2,1,3H3;2-4,9H,1H3;3-4H,1H2,2H3/b9-6-,10-8+,16-14-,18-11+;;;5-4+. The minimum absolute atomic E-state index is 0.0270. The summed E-state index contributed by atoms with van der Waals surface area (Å²) in [5, 5.41) is 28.9. The molecule has 296 valence electrons. The largest absolute Gasteiger partial charge is 0.508 e. The van der Waals surface area contributed by atoms with Crippen LogP contribution in [0.5, 0.6) is 5.75 Å². The van der Waals surface area contributed by atoms with Crippen molar-refractivity contribution in [3.05, 3.63) is 131 Å². The number of aliphatic hydroxyl groups is 1.